The van der Waals surface area contributed by atoms with Crippen molar-refractivity contribution < 1.29 is 0 Å². The first-order chi connectivity index (χ1) is 13.5. The monoisotopic (exact) mass is 385 g/mol. The third kappa shape index (κ3) is 2.70. The van der Waals surface area contributed by atoms with Gasteiger partial charge in [-0.05, 0) is 58.3 Å². The number of benzene rings is 2. The standard InChI is InChI=1S/C24H20ClN3/c1-24(2)19-11-7-6-10-17(19)18-14-16(12-13-20(18)24)22-26-21(27-23(25)28-22)15-8-4-3-5-9-15/h3-4,6-8,10-14H,5,9H2,1-2H3. The molecule has 28 heavy (non-hydrogen) atoms. The van der Waals surface area contributed by atoms with Gasteiger partial charge in [0, 0.05) is 11.0 Å². The van der Waals surface area contributed by atoms with Gasteiger partial charge in [-0.2, -0.15) is 9.97 Å². The Labute approximate surface area is 169 Å². The average molecular weight is 386 g/mol. The van der Waals surface area contributed by atoms with Gasteiger partial charge in [0.15, 0.2) is 11.6 Å². The minimum atomic E-state index is -0.00833. The number of hydrogen-bond acceptors (Lipinski definition) is 3. The third-order valence-corrected chi connectivity index (χ3v) is 5.92. The molecule has 1 aromatic heterocycles. The molecule has 0 radical (unpaired) electrons. The van der Waals surface area contributed by atoms with Crippen molar-refractivity contribution >= 4 is 17.2 Å². The average Bonchev–Trinajstić information content (AvgIpc) is 2.95. The highest BCUT2D eigenvalue weighted by Gasteiger charge is 2.35. The molecule has 0 unspecified atom stereocenters. The van der Waals surface area contributed by atoms with Crippen LogP contribution in [-0.2, 0) is 5.41 Å². The summed E-state index contributed by atoms with van der Waals surface area (Å²) in [5.41, 5.74) is 7.27. The van der Waals surface area contributed by atoms with Crippen molar-refractivity contribution in [3.63, 3.8) is 0 Å². The Kier molecular flexibility index (Phi) is 3.95. The van der Waals surface area contributed by atoms with E-state index in [4.69, 9.17) is 16.6 Å². The van der Waals surface area contributed by atoms with E-state index >= 15 is 0 Å². The second-order valence-corrected chi connectivity index (χ2v) is 8.18. The largest absolute Gasteiger partial charge is 0.226 e. The van der Waals surface area contributed by atoms with Crippen molar-refractivity contribution in [1.29, 1.82) is 0 Å². The van der Waals surface area contributed by atoms with E-state index in [-0.39, 0.29) is 10.7 Å². The Morgan fingerprint density at radius 3 is 2.50 bits per heavy atom. The van der Waals surface area contributed by atoms with E-state index in [0.29, 0.717) is 11.6 Å². The minimum absolute atomic E-state index is 0.00833. The quantitative estimate of drug-likeness (QED) is 0.524. The molecule has 5 rings (SSSR count). The molecule has 4 heteroatoms. The summed E-state index contributed by atoms with van der Waals surface area (Å²) in [7, 11) is 0. The van der Waals surface area contributed by atoms with Gasteiger partial charge in [-0.1, -0.05) is 68.5 Å². The van der Waals surface area contributed by atoms with Gasteiger partial charge in [-0.3, -0.25) is 0 Å². The minimum Gasteiger partial charge on any atom is -0.208 e. The summed E-state index contributed by atoms with van der Waals surface area (Å²) in [5.74, 6) is 1.29. The van der Waals surface area contributed by atoms with Crippen LogP contribution in [0.25, 0.3) is 28.1 Å². The zero-order valence-corrected chi connectivity index (χ0v) is 16.7. The lowest BCUT2D eigenvalue weighted by atomic mass is 9.82. The maximum atomic E-state index is 6.26. The van der Waals surface area contributed by atoms with Crippen LogP contribution in [0.3, 0.4) is 0 Å². The lowest BCUT2D eigenvalue weighted by molar-refractivity contribution is 0.660. The van der Waals surface area contributed by atoms with Crippen molar-refractivity contribution in [2.75, 3.05) is 0 Å². The van der Waals surface area contributed by atoms with Crippen LogP contribution < -0.4 is 0 Å². The molecular weight excluding hydrogens is 366 g/mol. The molecule has 0 amide bonds. The second-order valence-electron chi connectivity index (χ2n) is 7.84. The number of fused-ring (bicyclic) bond motifs is 3. The molecule has 3 nitrogen and oxygen atoms in total. The molecule has 3 aromatic rings. The van der Waals surface area contributed by atoms with Crippen molar-refractivity contribution in [2.45, 2.75) is 32.1 Å². The normalized spacial score (nSPS) is 16.5. The molecule has 138 valence electrons. The predicted molar refractivity (Wildman–Crippen MR) is 114 cm³/mol. The molecule has 2 aromatic carbocycles. The maximum Gasteiger partial charge on any atom is 0.226 e. The number of nitrogens with zero attached hydrogens (tertiary/aromatic N) is 3. The number of rotatable bonds is 2. The van der Waals surface area contributed by atoms with Crippen LogP contribution in [0.2, 0.25) is 5.28 Å². The summed E-state index contributed by atoms with van der Waals surface area (Å²) in [6.45, 7) is 4.55. The summed E-state index contributed by atoms with van der Waals surface area (Å²) in [4.78, 5) is 13.5. The van der Waals surface area contributed by atoms with Crippen molar-refractivity contribution in [3.05, 3.63) is 82.9 Å². The summed E-state index contributed by atoms with van der Waals surface area (Å²) in [6, 6.07) is 15.1. The second kappa shape index (κ2) is 6.39. The SMILES string of the molecule is CC1(C)c2ccccc2-c2cc(-c3nc(Cl)nc(C4=CC=CCC4)n3)ccc21. The Balaban J connectivity index is 1.65. The first-order valence-corrected chi connectivity index (χ1v) is 9.94. The van der Waals surface area contributed by atoms with Crippen LogP contribution in [0.5, 0.6) is 0 Å². The molecule has 0 atom stereocenters. The van der Waals surface area contributed by atoms with Gasteiger partial charge in [0.1, 0.15) is 0 Å². The van der Waals surface area contributed by atoms with E-state index in [1.54, 1.807) is 0 Å². The smallest absolute Gasteiger partial charge is 0.208 e. The molecule has 1 heterocycles. The fourth-order valence-electron chi connectivity index (χ4n) is 4.27. The molecule has 0 fully saturated rings. The van der Waals surface area contributed by atoms with Gasteiger partial charge in [0.25, 0.3) is 0 Å². The Morgan fingerprint density at radius 2 is 1.68 bits per heavy atom. The molecule has 2 aliphatic carbocycles. The third-order valence-electron chi connectivity index (χ3n) is 5.75. The predicted octanol–water partition coefficient (Wildman–Crippen LogP) is 6.23. The fraction of sp³-hybridized carbons (Fsp3) is 0.208. The topological polar surface area (TPSA) is 38.7 Å². The zero-order valence-electron chi connectivity index (χ0n) is 15.9. The lowest BCUT2D eigenvalue weighted by Gasteiger charge is -2.21. The molecular formula is C24H20ClN3. The molecule has 0 saturated carbocycles. The van der Waals surface area contributed by atoms with Crippen LogP contribution in [0, 0.1) is 0 Å². The first-order valence-electron chi connectivity index (χ1n) is 9.56. The number of hydrogen-bond donors (Lipinski definition) is 0. The van der Waals surface area contributed by atoms with Crippen LogP contribution in [0.4, 0.5) is 0 Å². The molecule has 2 aliphatic rings. The van der Waals surface area contributed by atoms with Gasteiger partial charge in [0.05, 0.1) is 0 Å². The first kappa shape index (κ1) is 17.3. The summed E-state index contributed by atoms with van der Waals surface area (Å²) in [5, 5.41) is 0.233. The van der Waals surface area contributed by atoms with Crippen molar-refractivity contribution in [1.82, 2.24) is 15.0 Å². The number of allylic oxidation sites excluding steroid dienone is 4. The molecule has 0 spiro atoms. The van der Waals surface area contributed by atoms with Gasteiger partial charge >= 0.3 is 0 Å². The maximum absolute atomic E-state index is 6.26. The van der Waals surface area contributed by atoms with Gasteiger partial charge in [-0.25, -0.2) is 4.98 Å². The summed E-state index contributed by atoms with van der Waals surface area (Å²) in [6.07, 6.45) is 8.16. The highest BCUT2D eigenvalue weighted by Crippen LogP contribution is 2.49. The van der Waals surface area contributed by atoms with Crippen LogP contribution in [-0.4, -0.2) is 15.0 Å². The van der Waals surface area contributed by atoms with E-state index < -0.39 is 0 Å². The van der Waals surface area contributed by atoms with Crippen LogP contribution in [0.1, 0.15) is 43.6 Å². The summed E-state index contributed by atoms with van der Waals surface area (Å²) < 4.78 is 0. The van der Waals surface area contributed by atoms with Gasteiger partial charge < -0.3 is 0 Å². The lowest BCUT2D eigenvalue weighted by Crippen LogP contribution is -2.14. The fourth-order valence-corrected chi connectivity index (χ4v) is 4.43. The van der Waals surface area contributed by atoms with Crippen molar-refractivity contribution in [3.8, 4) is 22.5 Å². The highest BCUT2D eigenvalue weighted by molar-refractivity contribution is 6.28. The van der Waals surface area contributed by atoms with Crippen LogP contribution in [0.15, 0.2) is 60.7 Å². The molecule has 0 N–H and O–H groups in total. The Bertz CT molecular complexity index is 1160. The molecule has 0 bridgehead atoms. The Morgan fingerprint density at radius 1 is 0.893 bits per heavy atom. The molecule has 0 aliphatic heterocycles. The molecule has 0 saturated heterocycles. The van der Waals surface area contributed by atoms with Crippen molar-refractivity contribution in [2.24, 2.45) is 0 Å². The summed E-state index contributed by atoms with van der Waals surface area (Å²) >= 11 is 6.26. The number of aromatic nitrogens is 3. The highest BCUT2D eigenvalue weighted by atomic mass is 35.5. The zero-order chi connectivity index (χ0) is 19.3. The van der Waals surface area contributed by atoms with E-state index in [1.807, 2.05) is 6.08 Å². The van der Waals surface area contributed by atoms with Crippen LogP contribution >= 0.6 is 11.6 Å². The van der Waals surface area contributed by atoms with E-state index in [2.05, 4.69) is 78.4 Å². The van der Waals surface area contributed by atoms with E-state index in [1.165, 1.54) is 22.3 Å². The number of halogens is 1. The van der Waals surface area contributed by atoms with E-state index in [9.17, 15) is 0 Å². The van der Waals surface area contributed by atoms with Gasteiger partial charge in [-0.15, -0.1) is 0 Å². The van der Waals surface area contributed by atoms with E-state index in [0.717, 1.165) is 24.0 Å². The van der Waals surface area contributed by atoms with Gasteiger partial charge in [0.2, 0.25) is 5.28 Å². The Hall–Kier alpha value is -2.78.